The predicted octanol–water partition coefficient (Wildman–Crippen LogP) is 4.24. The largest absolute Gasteiger partial charge is 0.273 e. The predicted molar refractivity (Wildman–Crippen MR) is 82.1 cm³/mol. The normalized spacial score (nSPS) is 18.0. The molecule has 0 radical (unpaired) electrons. The van der Waals surface area contributed by atoms with Crippen LogP contribution in [0.1, 0.15) is 30.5 Å². The molecule has 3 nitrogen and oxygen atoms in total. The van der Waals surface area contributed by atoms with Crippen LogP contribution in [-0.2, 0) is 4.79 Å². The molecule has 3 rings (SSSR count). The molecular formula is C15H12ClFN2OS. The molecule has 6 heteroatoms. The minimum atomic E-state index is -0.485. The molecule has 0 fully saturated rings. The first-order valence-corrected chi connectivity index (χ1v) is 7.73. The Morgan fingerprint density at radius 2 is 2.29 bits per heavy atom. The second kappa shape index (κ2) is 5.58. The summed E-state index contributed by atoms with van der Waals surface area (Å²) < 4.78 is 13.7. The highest BCUT2D eigenvalue weighted by Crippen LogP contribution is 2.34. The van der Waals surface area contributed by atoms with Crippen molar-refractivity contribution in [3.8, 4) is 0 Å². The number of thiophene rings is 1. The molecule has 21 heavy (non-hydrogen) atoms. The van der Waals surface area contributed by atoms with Crippen LogP contribution in [0.25, 0.3) is 0 Å². The molecular weight excluding hydrogens is 311 g/mol. The third-order valence-corrected chi connectivity index (χ3v) is 4.41. The Kier molecular flexibility index (Phi) is 3.78. The van der Waals surface area contributed by atoms with Gasteiger partial charge in [-0.1, -0.05) is 17.7 Å². The third kappa shape index (κ3) is 2.71. The van der Waals surface area contributed by atoms with Crippen LogP contribution < -0.4 is 0 Å². The second-order valence-corrected chi connectivity index (χ2v) is 6.00. The summed E-state index contributed by atoms with van der Waals surface area (Å²) in [4.78, 5) is 11.8. The van der Waals surface area contributed by atoms with Crippen molar-refractivity contribution in [1.82, 2.24) is 5.01 Å². The molecule has 0 aliphatic carbocycles. The number of nitrogens with zero attached hydrogens (tertiary/aromatic N) is 2. The molecule has 0 N–H and O–H groups in total. The highest BCUT2D eigenvalue weighted by molar-refractivity contribution is 7.08. The van der Waals surface area contributed by atoms with Gasteiger partial charge in [0.15, 0.2) is 0 Å². The van der Waals surface area contributed by atoms with Gasteiger partial charge in [-0.25, -0.2) is 9.40 Å². The Labute approximate surface area is 130 Å². The summed E-state index contributed by atoms with van der Waals surface area (Å²) in [5.74, 6) is -0.651. The Bertz CT molecular complexity index is 714. The fourth-order valence-electron chi connectivity index (χ4n) is 2.38. The first-order chi connectivity index (χ1) is 10.1. The summed E-state index contributed by atoms with van der Waals surface area (Å²) in [5.41, 5.74) is 2.54. The van der Waals surface area contributed by atoms with Gasteiger partial charge in [0.05, 0.1) is 16.8 Å². The van der Waals surface area contributed by atoms with Crippen molar-refractivity contribution >= 4 is 34.6 Å². The zero-order chi connectivity index (χ0) is 15.0. The monoisotopic (exact) mass is 322 g/mol. The number of carbonyl (C=O) groups excluding carboxylic acids is 1. The molecule has 0 spiro atoms. The molecule has 108 valence electrons. The molecule has 1 aromatic carbocycles. The van der Waals surface area contributed by atoms with Crippen molar-refractivity contribution in [1.29, 1.82) is 0 Å². The average molecular weight is 323 g/mol. The minimum Gasteiger partial charge on any atom is -0.273 e. The number of benzene rings is 1. The molecule has 1 atom stereocenters. The van der Waals surface area contributed by atoms with Gasteiger partial charge in [-0.2, -0.15) is 16.4 Å². The standard InChI is InChI=1S/C15H12ClFN2OS/c1-9(20)19-15(10-2-3-12(16)13(17)6-10)7-14(18-19)11-4-5-21-8-11/h2-6,8,15H,7H2,1H3. The van der Waals surface area contributed by atoms with Crippen LogP contribution in [0.2, 0.25) is 5.02 Å². The summed E-state index contributed by atoms with van der Waals surface area (Å²) >= 11 is 7.29. The zero-order valence-corrected chi connectivity index (χ0v) is 12.8. The van der Waals surface area contributed by atoms with Gasteiger partial charge in [0.1, 0.15) is 5.82 Å². The van der Waals surface area contributed by atoms with Crippen molar-refractivity contribution in [2.75, 3.05) is 0 Å². The van der Waals surface area contributed by atoms with E-state index in [-0.39, 0.29) is 17.0 Å². The fourth-order valence-corrected chi connectivity index (χ4v) is 3.17. The molecule has 0 bridgehead atoms. The zero-order valence-electron chi connectivity index (χ0n) is 11.2. The Hall–Kier alpha value is -1.72. The Balaban J connectivity index is 1.95. The summed E-state index contributed by atoms with van der Waals surface area (Å²) in [6, 6.07) is 6.29. The van der Waals surface area contributed by atoms with Crippen molar-refractivity contribution < 1.29 is 9.18 Å². The van der Waals surface area contributed by atoms with Crippen LogP contribution in [0.15, 0.2) is 40.1 Å². The average Bonchev–Trinajstić information content (AvgIpc) is 3.09. The van der Waals surface area contributed by atoms with Gasteiger partial charge in [0.2, 0.25) is 5.91 Å². The van der Waals surface area contributed by atoms with Crippen molar-refractivity contribution in [3.63, 3.8) is 0 Å². The van der Waals surface area contributed by atoms with E-state index in [9.17, 15) is 9.18 Å². The summed E-state index contributed by atoms with van der Waals surface area (Å²) in [5, 5.41) is 9.83. The van der Waals surface area contributed by atoms with Crippen LogP contribution in [0, 0.1) is 5.82 Å². The minimum absolute atomic E-state index is 0.0742. The third-order valence-electron chi connectivity index (χ3n) is 3.42. The highest BCUT2D eigenvalue weighted by Gasteiger charge is 2.31. The Morgan fingerprint density at radius 3 is 2.90 bits per heavy atom. The van der Waals surface area contributed by atoms with E-state index in [1.165, 1.54) is 24.1 Å². The molecule has 1 aliphatic rings. The smallest absolute Gasteiger partial charge is 0.240 e. The van der Waals surface area contributed by atoms with Crippen LogP contribution >= 0.6 is 22.9 Å². The topological polar surface area (TPSA) is 32.7 Å². The molecule has 2 aromatic rings. The van der Waals surface area contributed by atoms with Crippen LogP contribution in [0.3, 0.4) is 0 Å². The van der Waals surface area contributed by atoms with E-state index >= 15 is 0 Å². The molecule has 1 aliphatic heterocycles. The van der Waals surface area contributed by atoms with Gasteiger partial charge in [0.25, 0.3) is 0 Å². The number of hydrazone groups is 1. The Morgan fingerprint density at radius 1 is 1.48 bits per heavy atom. The molecule has 2 heterocycles. The van der Waals surface area contributed by atoms with E-state index in [0.29, 0.717) is 12.0 Å². The van der Waals surface area contributed by atoms with E-state index in [4.69, 9.17) is 11.6 Å². The molecule has 1 unspecified atom stereocenters. The van der Waals surface area contributed by atoms with Gasteiger partial charge in [-0.15, -0.1) is 0 Å². The molecule has 1 aromatic heterocycles. The lowest BCUT2D eigenvalue weighted by Gasteiger charge is -2.20. The maximum Gasteiger partial charge on any atom is 0.240 e. The fraction of sp³-hybridized carbons (Fsp3) is 0.200. The van der Waals surface area contributed by atoms with E-state index < -0.39 is 5.82 Å². The number of carbonyl (C=O) groups is 1. The van der Waals surface area contributed by atoms with Crippen LogP contribution in [0.5, 0.6) is 0 Å². The SMILES string of the molecule is CC(=O)N1N=C(c2ccsc2)CC1c1ccc(Cl)c(F)c1. The lowest BCUT2D eigenvalue weighted by Crippen LogP contribution is -2.24. The number of hydrogen-bond acceptors (Lipinski definition) is 3. The first-order valence-electron chi connectivity index (χ1n) is 6.41. The van der Waals surface area contributed by atoms with E-state index in [1.807, 2.05) is 16.8 Å². The number of hydrogen-bond donors (Lipinski definition) is 0. The summed E-state index contributed by atoms with van der Waals surface area (Å²) in [7, 11) is 0. The number of amides is 1. The van der Waals surface area contributed by atoms with Crippen molar-refractivity contribution in [3.05, 3.63) is 57.0 Å². The van der Waals surface area contributed by atoms with E-state index in [1.54, 1.807) is 17.4 Å². The van der Waals surface area contributed by atoms with Gasteiger partial charge in [-0.3, -0.25) is 4.79 Å². The van der Waals surface area contributed by atoms with Crippen LogP contribution in [-0.4, -0.2) is 16.6 Å². The number of halogens is 2. The summed E-state index contributed by atoms with van der Waals surface area (Å²) in [6.07, 6.45) is 0.567. The maximum atomic E-state index is 13.7. The quantitative estimate of drug-likeness (QED) is 0.814. The lowest BCUT2D eigenvalue weighted by molar-refractivity contribution is -0.130. The van der Waals surface area contributed by atoms with Gasteiger partial charge in [0, 0.05) is 18.9 Å². The molecule has 0 saturated carbocycles. The van der Waals surface area contributed by atoms with Crippen molar-refractivity contribution in [2.24, 2.45) is 5.10 Å². The number of rotatable bonds is 2. The van der Waals surface area contributed by atoms with Gasteiger partial charge < -0.3 is 0 Å². The first kappa shape index (κ1) is 14.2. The van der Waals surface area contributed by atoms with Gasteiger partial charge in [-0.05, 0) is 34.5 Å². The van der Waals surface area contributed by atoms with Gasteiger partial charge >= 0.3 is 0 Å². The van der Waals surface area contributed by atoms with E-state index in [2.05, 4.69) is 5.10 Å². The van der Waals surface area contributed by atoms with Crippen LogP contribution in [0.4, 0.5) is 4.39 Å². The van der Waals surface area contributed by atoms with Crippen molar-refractivity contribution in [2.45, 2.75) is 19.4 Å². The molecule has 0 saturated heterocycles. The summed E-state index contributed by atoms with van der Waals surface area (Å²) in [6.45, 7) is 1.46. The second-order valence-electron chi connectivity index (χ2n) is 4.82. The maximum absolute atomic E-state index is 13.7. The molecule has 1 amide bonds. The highest BCUT2D eigenvalue weighted by atomic mass is 35.5. The lowest BCUT2D eigenvalue weighted by atomic mass is 9.99. The van der Waals surface area contributed by atoms with E-state index in [0.717, 1.165) is 11.3 Å².